The van der Waals surface area contributed by atoms with Crippen molar-refractivity contribution in [3.8, 4) is 5.75 Å². The van der Waals surface area contributed by atoms with Gasteiger partial charge in [0.25, 0.3) is 0 Å². The molecule has 1 aromatic rings. The smallest absolute Gasteiger partial charge is 0.148 e. The van der Waals surface area contributed by atoms with Gasteiger partial charge in [-0.3, -0.25) is 0 Å². The van der Waals surface area contributed by atoms with Crippen LogP contribution in [0.15, 0.2) is 17.3 Å². The van der Waals surface area contributed by atoms with Crippen LogP contribution in [0.4, 0.5) is 5.69 Å². The van der Waals surface area contributed by atoms with E-state index in [4.69, 9.17) is 15.4 Å². The normalized spacial score (nSPS) is 11.7. The van der Waals surface area contributed by atoms with Crippen molar-refractivity contribution in [2.75, 3.05) is 31.2 Å². The molecule has 0 amide bonds. The number of aliphatic hydroxyl groups is 2. The van der Waals surface area contributed by atoms with E-state index in [0.717, 1.165) is 5.56 Å². The fourth-order valence-electron chi connectivity index (χ4n) is 2.13. The van der Waals surface area contributed by atoms with E-state index in [9.17, 15) is 5.11 Å². The van der Waals surface area contributed by atoms with Gasteiger partial charge in [-0.1, -0.05) is 12.1 Å². The van der Waals surface area contributed by atoms with Crippen molar-refractivity contribution < 1.29 is 20.5 Å². The average molecular weight is 282 g/mol. The zero-order valence-electron chi connectivity index (χ0n) is 11.9. The van der Waals surface area contributed by atoms with Crippen molar-refractivity contribution in [1.82, 2.24) is 0 Å². The molecule has 0 saturated carbocycles. The van der Waals surface area contributed by atoms with Crippen LogP contribution in [-0.2, 0) is 0 Å². The summed E-state index contributed by atoms with van der Waals surface area (Å²) in [6, 6.07) is 3.52. The number of phenols is 1. The summed E-state index contributed by atoms with van der Waals surface area (Å²) in [5.74, 6) is -0.00727. The highest BCUT2D eigenvalue weighted by atomic mass is 16.4. The Labute approximate surface area is 118 Å². The third-order valence-corrected chi connectivity index (χ3v) is 3.08. The molecule has 0 aliphatic carbocycles. The lowest BCUT2D eigenvalue weighted by molar-refractivity contribution is 0.280. The quantitative estimate of drug-likeness (QED) is 0.341. The second-order valence-electron chi connectivity index (χ2n) is 4.51. The van der Waals surface area contributed by atoms with Gasteiger partial charge in [0, 0.05) is 18.7 Å². The fraction of sp³-hybridized carbons (Fsp3) is 0.500. The summed E-state index contributed by atoms with van der Waals surface area (Å²) in [5, 5.41) is 40.8. The topological polar surface area (TPSA) is 96.5 Å². The molecule has 0 heterocycles. The van der Waals surface area contributed by atoms with Gasteiger partial charge in [-0.15, -0.1) is 0 Å². The predicted molar refractivity (Wildman–Crippen MR) is 77.8 cm³/mol. The van der Waals surface area contributed by atoms with Crippen LogP contribution in [0.5, 0.6) is 5.75 Å². The van der Waals surface area contributed by atoms with E-state index in [0.29, 0.717) is 36.5 Å². The van der Waals surface area contributed by atoms with E-state index in [1.165, 1.54) is 0 Å². The van der Waals surface area contributed by atoms with E-state index in [-0.39, 0.29) is 19.0 Å². The summed E-state index contributed by atoms with van der Waals surface area (Å²) in [4.78, 5) is 1.69. The molecule has 20 heavy (non-hydrogen) atoms. The highest BCUT2D eigenvalue weighted by Gasteiger charge is 2.17. The second kappa shape index (κ2) is 7.72. The third kappa shape index (κ3) is 3.61. The van der Waals surface area contributed by atoms with Gasteiger partial charge >= 0.3 is 0 Å². The van der Waals surface area contributed by atoms with Gasteiger partial charge in [-0.25, -0.2) is 0 Å². The van der Waals surface area contributed by atoms with Crippen LogP contribution < -0.4 is 4.90 Å². The molecule has 112 valence electrons. The summed E-state index contributed by atoms with van der Waals surface area (Å²) in [6.07, 6.45) is 0.479. The van der Waals surface area contributed by atoms with E-state index in [2.05, 4.69) is 5.16 Å². The first kappa shape index (κ1) is 16.3. The number of hydrogen-bond donors (Lipinski definition) is 4. The van der Waals surface area contributed by atoms with Gasteiger partial charge in [0.05, 0.1) is 24.6 Å². The molecule has 0 aliphatic heterocycles. The van der Waals surface area contributed by atoms with E-state index < -0.39 is 0 Å². The third-order valence-electron chi connectivity index (χ3n) is 3.08. The van der Waals surface area contributed by atoms with Crippen LogP contribution in [-0.4, -0.2) is 52.5 Å². The van der Waals surface area contributed by atoms with Crippen molar-refractivity contribution in [3.05, 3.63) is 23.3 Å². The van der Waals surface area contributed by atoms with E-state index in [1.54, 1.807) is 17.0 Å². The van der Waals surface area contributed by atoms with Crippen molar-refractivity contribution in [2.45, 2.75) is 20.3 Å². The molecule has 4 N–H and O–H groups in total. The van der Waals surface area contributed by atoms with E-state index >= 15 is 0 Å². The molecular weight excluding hydrogens is 260 g/mol. The number of anilines is 1. The monoisotopic (exact) mass is 282 g/mol. The standard InChI is InChI=1S/C14H22N2O4/c1-3-12(15-20)11-8-10(2)9-13(14(11)19)16(4-6-17)5-7-18/h8-9,17-20H,3-7H2,1-2H3/b15-12-. The first-order valence-corrected chi connectivity index (χ1v) is 6.60. The maximum absolute atomic E-state index is 10.4. The van der Waals surface area contributed by atoms with Gasteiger partial charge in [0.15, 0.2) is 0 Å². The molecule has 1 aromatic carbocycles. The number of hydrogen-bond acceptors (Lipinski definition) is 6. The van der Waals surface area contributed by atoms with Gasteiger partial charge in [0.1, 0.15) is 5.75 Å². The number of nitrogens with zero attached hydrogens (tertiary/aromatic N) is 2. The van der Waals surface area contributed by atoms with E-state index in [1.807, 2.05) is 13.8 Å². The lowest BCUT2D eigenvalue weighted by atomic mass is 10.0. The first-order valence-electron chi connectivity index (χ1n) is 6.60. The summed E-state index contributed by atoms with van der Waals surface area (Å²) in [7, 11) is 0. The van der Waals surface area contributed by atoms with Crippen molar-refractivity contribution >= 4 is 11.4 Å². The molecule has 0 atom stereocenters. The number of aromatic hydroxyl groups is 1. The first-order chi connectivity index (χ1) is 9.58. The van der Waals surface area contributed by atoms with Gasteiger partial charge in [-0.05, 0) is 31.0 Å². The number of phenolic OH excluding ortho intramolecular Hbond substituents is 1. The number of rotatable bonds is 7. The molecule has 0 radical (unpaired) electrons. The molecule has 6 heteroatoms. The number of aryl methyl sites for hydroxylation is 1. The number of benzene rings is 1. The predicted octanol–water partition coefficient (Wildman–Crippen LogP) is 1.08. The minimum atomic E-state index is -0.0859. The summed E-state index contributed by atoms with van der Waals surface area (Å²) in [5.41, 5.74) is 2.26. The second-order valence-corrected chi connectivity index (χ2v) is 4.51. The van der Waals surface area contributed by atoms with Crippen LogP contribution in [0.25, 0.3) is 0 Å². The SMILES string of the molecule is CC/C(=N/O)c1cc(C)cc(N(CCO)CCO)c1O. The molecule has 0 aromatic heterocycles. The van der Waals surface area contributed by atoms with Crippen LogP contribution >= 0.6 is 0 Å². The highest BCUT2D eigenvalue weighted by Crippen LogP contribution is 2.33. The van der Waals surface area contributed by atoms with Gasteiger partial charge in [0.2, 0.25) is 0 Å². The lowest BCUT2D eigenvalue weighted by Crippen LogP contribution is -2.30. The number of oxime groups is 1. The summed E-state index contributed by atoms with van der Waals surface area (Å²) in [6.45, 7) is 4.13. The summed E-state index contributed by atoms with van der Waals surface area (Å²) < 4.78 is 0. The lowest BCUT2D eigenvalue weighted by Gasteiger charge is -2.25. The Morgan fingerprint density at radius 1 is 1.20 bits per heavy atom. The Bertz CT molecular complexity index is 468. The zero-order valence-corrected chi connectivity index (χ0v) is 11.9. The Kier molecular flexibility index (Phi) is 6.27. The minimum absolute atomic E-state index is 0.00727. The number of aliphatic hydroxyl groups excluding tert-OH is 2. The van der Waals surface area contributed by atoms with Crippen LogP contribution in [0.3, 0.4) is 0 Å². The maximum Gasteiger partial charge on any atom is 0.148 e. The van der Waals surface area contributed by atoms with Crippen LogP contribution in [0.1, 0.15) is 24.5 Å². The summed E-state index contributed by atoms with van der Waals surface area (Å²) >= 11 is 0. The van der Waals surface area contributed by atoms with Crippen molar-refractivity contribution in [1.29, 1.82) is 0 Å². The van der Waals surface area contributed by atoms with Gasteiger partial charge in [-0.2, -0.15) is 0 Å². The maximum atomic E-state index is 10.4. The van der Waals surface area contributed by atoms with Gasteiger partial charge < -0.3 is 25.4 Å². The molecule has 6 nitrogen and oxygen atoms in total. The minimum Gasteiger partial charge on any atom is -0.505 e. The van der Waals surface area contributed by atoms with Crippen molar-refractivity contribution in [3.63, 3.8) is 0 Å². The largest absolute Gasteiger partial charge is 0.505 e. The Morgan fingerprint density at radius 3 is 2.25 bits per heavy atom. The molecule has 1 rings (SSSR count). The van der Waals surface area contributed by atoms with Crippen LogP contribution in [0, 0.1) is 6.92 Å². The molecule has 0 bridgehead atoms. The Hall–Kier alpha value is -1.79. The molecule has 0 aliphatic rings. The van der Waals surface area contributed by atoms with Crippen LogP contribution in [0.2, 0.25) is 0 Å². The highest BCUT2D eigenvalue weighted by molar-refractivity contribution is 6.04. The fourth-order valence-corrected chi connectivity index (χ4v) is 2.13. The zero-order chi connectivity index (χ0) is 15.1. The molecule has 0 saturated heterocycles. The Balaban J connectivity index is 3.32. The van der Waals surface area contributed by atoms with Crippen molar-refractivity contribution in [2.24, 2.45) is 5.16 Å². The Morgan fingerprint density at radius 2 is 1.80 bits per heavy atom. The average Bonchev–Trinajstić information content (AvgIpc) is 2.43. The molecule has 0 fully saturated rings. The molecular formula is C14H22N2O4. The molecule has 0 unspecified atom stereocenters. The molecule has 0 spiro atoms.